The second kappa shape index (κ2) is 4.37. The summed E-state index contributed by atoms with van der Waals surface area (Å²) in [5.74, 6) is 1.35. The first kappa shape index (κ1) is 12.2. The molecule has 2 aliphatic carbocycles. The van der Waals surface area contributed by atoms with Crippen LogP contribution in [0.2, 0.25) is 5.15 Å². The number of nitrogens with one attached hydrogen (secondary N) is 1. The summed E-state index contributed by atoms with van der Waals surface area (Å²) in [6, 6.07) is 8.62. The maximum atomic E-state index is 5.96. The van der Waals surface area contributed by atoms with E-state index in [-0.39, 0.29) is 12.4 Å². The molecule has 0 aromatic carbocycles. The van der Waals surface area contributed by atoms with E-state index in [0.717, 1.165) is 24.3 Å². The van der Waals surface area contributed by atoms with Crippen molar-refractivity contribution in [1.29, 1.82) is 0 Å². The van der Waals surface area contributed by atoms with Crippen LogP contribution in [0.1, 0.15) is 29.4 Å². The van der Waals surface area contributed by atoms with Gasteiger partial charge in [-0.1, -0.05) is 23.7 Å². The molecule has 18 heavy (non-hydrogen) atoms. The van der Waals surface area contributed by atoms with E-state index in [0.29, 0.717) is 17.0 Å². The van der Waals surface area contributed by atoms with Gasteiger partial charge in [-0.15, -0.1) is 12.4 Å². The minimum absolute atomic E-state index is 0. The van der Waals surface area contributed by atoms with Crippen LogP contribution in [0, 0.1) is 0 Å². The molecular formula is C14H14Cl2N2. The van der Waals surface area contributed by atoms with E-state index in [2.05, 4.69) is 28.5 Å². The lowest BCUT2D eigenvalue weighted by molar-refractivity contribution is 0.453. The van der Waals surface area contributed by atoms with Gasteiger partial charge in [0.25, 0.3) is 0 Å². The second-order valence-corrected chi connectivity index (χ2v) is 5.48. The Kier molecular flexibility index (Phi) is 2.97. The zero-order valence-corrected chi connectivity index (χ0v) is 11.4. The van der Waals surface area contributed by atoms with Crippen LogP contribution in [0.3, 0.4) is 0 Å². The number of aromatic nitrogens is 1. The Labute approximate surface area is 118 Å². The zero-order valence-electron chi connectivity index (χ0n) is 9.82. The molecule has 1 N–H and O–H groups in total. The normalized spacial score (nSPS) is 24.7. The zero-order chi connectivity index (χ0) is 11.4. The van der Waals surface area contributed by atoms with Crippen molar-refractivity contribution >= 4 is 24.0 Å². The van der Waals surface area contributed by atoms with Crippen molar-refractivity contribution in [2.24, 2.45) is 0 Å². The summed E-state index contributed by atoms with van der Waals surface area (Å²) >= 11 is 5.96. The van der Waals surface area contributed by atoms with E-state index in [1.54, 1.807) is 0 Å². The molecule has 2 unspecified atom stereocenters. The summed E-state index contributed by atoms with van der Waals surface area (Å²) in [5, 5.41) is 4.11. The molecule has 4 aliphatic rings. The van der Waals surface area contributed by atoms with Crippen molar-refractivity contribution in [3.63, 3.8) is 0 Å². The molecule has 0 spiro atoms. The third kappa shape index (κ3) is 1.71. The van der Waals surface area contributed by atoms with Gasteiger partial charge in [-0.2, -0.15) is 0 Å². The lowest BCUT2D eigenvalue weighted by atomic mass is 9.97. The van der Waals surface area contributed by atoms with Gasteiger partial charge in [0.15, 0.2) is 0 Å². The Morgan fingerprint density at radius 1 is 1.11 bits per heavy atom. The Balaban J connectivity index is 0.000001000. The van der Waals surface area contributed by atoms with Crippen LogP contribution in [-0.2, 0) is 0 Å². The molecular weight excluding hydrogens is 267 g/mol. The third-order valence-electron chi connectivity index (χ3n) is 4.10. The summed E-state index contributed by atoms with van der Waals surface area (Å²) in [4.78, 5) is 4.39. The van der Waals surface area contributed by atoms with Crippen molar-refractivity contribution in [2.75, 3.05) is 13.1 Å². The largest absolute Gasteiger partial charge is 0.316 e. The molecule has 0 saturated carbocycles. The first-order valence-electron chi connectivity index (χ1n) is 6.12. The fourth-order valence-corrected chi connectivity index (χ4v) is 3.52. The van der Waals surface area contributed by atoms with Gasteiger partial charge in [0.2, 0.25) is 0 Å². The summed E-state index contributed by atoms with van der Waals surface area (Å²) in [6.45, 7) is 2.22. The number of halogens is 2. The molecule has 2 nitrogen and oxygen atoms in total. The van der Waals surface area contributed by atoms with Gasteiger partial charge in [0, 0.05) is 18.7 Å². The van der Waals surface area contributed by atoms with E-state index in [1.807, 2.05) is 6.07 Å². The lowest BCUT2D eigenvalue weighted by Crippen LogP contribution is -2.28. The predicted molar refractivity (Wildman–Crippen MR) is 76.1 cm³/mol. The average Bonchev–Trinajstić information content (AvgIpc) is 2.71. The van der Waals surface area contributed by atoms with Crippen LogP contribution in [-0.4, -0.2) is 18.1 Å². The molecule has 2 atom stereocenters. The Morgan fingerprint density at radius 3 is 2.72 bits per heavy atom. The molecule has 0 radical (unpaired) electrons. The number of hydrogen-bond donors (Lipinski definition) is 1. The van der Waals surface area contributed by atoms with Crippen LogP contribution < -0.4 is 5.32 Å². The number of nitrogens with zero attached hydrogens (tertiary/aromatic N) is 1. The van der Waals surface area contributed by atoms with Crippen LogP contribution in [0.4, 0.5) is 0 Å². The van der Waals surface area contributed by atoms with Gasteiger partial charge in [-0.25, -0.2) is 4.98 Å². The minimum Gasteiger partial charge on any atom is -0.316 e. The molecule has 0 amide bonds. The summed E-state index contributed by atoms with van der Waals surface area (Å²) in [7, 11) is 0. The fourth-order valence-electron chi connectivity index (χ4n) is 3.31. The van der Waals surface area contributed by atoms with Gasteiger partial charge in [0.05, 0.1) is 5.69 Å². The molecule has 1 saturated heterocycles. The first-order chi connectivity index (χ1) is 8.31. The number of piperidine rings is 1. The van der Waals surface area contributed by atoms with E-state index >= 15 is 0 Å². The summed E-state index contributed by atoms with van der Waals surface area (Å²) in [5.41, 5.74) is 5.16. The van der Waals surface area contributed by atoms with E-state index in [1.165, 1.54) is 17.5 Å². The maximum absolute atomic E-state index is 5.96. The Bertz CT molecular complexity index is 570. The van der Waals surface area contributed by atoms with Gasteiger partial charge in [-0.05, 0) is 41.5 Å². The van der Waals surface area contributed by atoms with Gasteiger partial charge in [0.1, 0.15) is 5.15 Å². The topological polar surface area (TPSA) is 24.9 Å². The number of fused-ring (bicyclic) bond motifs is 6. The number of rotatable bonds is 0. The second-order valence-electron chi connectivity index (χ2n) is 5.10. The molecule has 1 fully saturated rings. The van der Waals surface area contributed by atoms with Gasteiger partial charge < -0.3 is 5.32 Å². The van der Waals surface area contributed by atoms with Crippen molar-refractivity contribution in [2.45, 2.75) is 18.3 Å². The Morgan fingerprint density at radius 2 is 1.89 bits per heavy atom. The van der Waals surface area contributed by atoms with Gasteiger partial charge in [-0.3, -0.25) is 0 Å². The molecule has 0 aromatic rings. The van der Waals surface area contributed by atoms with E-state index in [4.69, 9.17) is 11.6 Å². The van der Waals surface area contributed by atoms with Crippen LogP contribution in [0.25, 0.3) is 11.3 Å². The molecule has 94 valence electrons. The highest BCUT2D eigenvalue weighted by Crippen LogP contribution is 2.44. The minimum atomic E-state index is 0. The molecule has 4 heteroatoms. The molecule has 0 aromatic heterocycles. The predicted octanol–water partition coefficient (Wildman–Crippen LogP) is 3.44. The van der Waals surface area contributed by atoms with Crippen molar-refractivity contribution in [1.82, 2.24) is 10.3 Å². The van der Waals surface area contributed by atoms with Crippen molar-refractivity contribution in [3.05, 3.63) is 40.5 Å². The van der Waals surface area contributed by atoms with Crippen molar-refractivity contribution in [3.8, 4) is 11.3 Å². The quantitative estimate of drug-likeness (QED) is 0.800. The highest BCUT2D eigenvalue weighted by molar-refractivity contribution is 6.30. The molecule has 4 rings (SSSR count). The summed E-state index contributed by atoms with van der Waals surface area (Å²) < 4.78 is 0. The molecule has 2 bridgehead atoms. The highest BCUT2D eigenvalue weighted by Gasteiger charge is 2.34. The van der Waals surface area contributed by atoms with Crippen LogP contribution in [0.5, 0.6) is 0 Å². The smallest absolute Gasteiger partial charge is 0.130 e. The SMILES string of the molecule is Cl.Clc1cc2ccc3c(cc-2n1)C1CNCC3C1. The first-order valence-corrected chi connectivity index (χ1v) is 6.50. The molecule has 2 heterocycles. The highest BCUT2D eigenvalue weighted by atomic mass is 35.5. The standard InChI is InChI=1S/C14H13ClN2.ClH/c15-14-4-8-1-2-11-9-3-10(7-16-6-9)12(11)5-13(8)17-14;/h1-2,4-5,9-10,16H,3,6-7H2;1H. The van der Waals surface area contributed by atoms with Crippen molar-refractivity contribution < 1.29 is 0 Å². The van der Waals surface area contributed by atoms with Crippen LogP contribution >= 0.6 is 24.0 Å². The van der Waals surface area contributed by atoms with E-state index < -0.39 is 0 Å². The maximum Gasteiger partial charge on any atom is 0.130 e. The fraction of sp³-hybridized carbons (Fsp3) is 0.357. The van der Waals surface area contributed by atoms with Gasteiger partial charge >= 0.3 is 0 Å². The third-order valence-corrected chi connectivity index (χ3v) is 4.29. The average molecular weight is 281 g/mol. The monoisotopic (exact) mass is 280 g/mol. The lowest BCUT2D eigenvalue weighted by Gasteiger charge is -2.20. The molecule has 2 aliphatic heterocycles. The number of hydrogen-bond acceptors (Lipinski definition) is 2. The summed E-state index contributed by atoms with van der Waals surface area (Å²) in [6.07, 6.45) is 1.29. The Hall–Kier alpha value is -0.830. The van der Waals surface area contributed by atoms with E-state index in [9.17, 15) is 0 Å². The van der Waals surface area contributed by atoms with Crippen LogP contribution in [0.15, 0.2) is 24.3 Å².